The molecule has 0 bridgehead atoms. The van der Waals surface area contributed by atoms with Crippen molar-refractivity contribution in [2.24, 2.45) is 0 Å². The molecule has 3 rings (SSSR count). The lowest BCUT2D eigenvalue weighted by molar-refractivity contribution is 0.248. The van der Waals surface area contributed by atoms with Crippen molar-refractivity contribution in [3.05, 3.63) is 64.4 Å². The second kappa shape index (κ2) is 10.6. The Kier molecular flexibility index (Phi) is 8.71. The molecule has 1 N–H and O–H groups in total. The molecule has 1 heterocycles. The van der Waals surface area contributed by atoms with Crippen LogP contribution in [0.1, 0.15) is 30.4 Å². The van der Waals surface area contributed by atoms with Crippen molar-refractivity contribution in [3.63, 3.8) is 0 Å². The van der Waals surface area contributed by atoms with Crippen LogP contribution < -0.4 is 4.72 Å². The number of nitrogens with zero attached hydrogens (tertiary/aromatic N) is 1. The fourth-order valence-electron chi connectivity index (χ4n) is 3.32. The first-order valence-corrected chi connectivity index (χ1v) is 11.1. The smallest absolute Gasteiger partial charge is 0.240 e. The van der Waals surface area contributed by atoms with E-state index in [9.17, 15) is 12.8 Å². The molecular formula is C20H25Cl2FN2O2S. The van der Waals surface area contributed by atoms with Crippen LogP contribution in [0.2, 0.25) is 5.02 Å². The Morgan fingerprint density at radius 3 is 2.57 bits per heavy atom. The summed E-state index contributed by atoms with van der Waals surface area (Å²) in [6.07, 6.45) is 3.84. The van der Waals surface area contributed by atoms with Crippen molar-refractivity contribution in [2.75, 3.05) is 19.6 Å². The minimum Gasteiger partial charge on any atom is -0.299 e. The third-order valence-corrected chi connectivity index (χ3v) is 6.60. The predicted molar refractivity (Wildman–Crippen MR) is 113 cm³/mol. The zero-order valence-electron chi connectivity index (χ0n) is 15.5. The third-order valence-electron chi connectivity index (χ3n) is 4.85. The summed E-state index contributed by atoms with van der Waals surface area (Å²) >= 11 is 5.66. The van der Waals surface area contributed by atoms with E-state index in [1.807, 2.05) is 0 Å². The number of halogens is 3. The van der Waals surface area contributed by atoms with Crippen molar-refractivity contribution in [1.29, 1.82) is 0 Å². The molecular weight excluding hydrogens is 422 g/mol. The van der Waals surface area contributed by atoms with Crippen LogP contribution >= 0.6 is 24.0 Å². The molecule has 1 aliphatic rings. The van der Waals surface area contributed by atoms with Gasteiger partial charge in [-0.1, -0.05) is 42.3 Å². The fourth-order valence-corrected chi connectivity index (χ4v) is 4.66. The molecule has 0 aromatic heterocycles. The van der Waals surface area contributed by atoms with Crippen LogP contribution in [0.5, 0.6) is 0 Å². The van der Waals surface area contributed by atoms with Gasteiger partial charge in [0.1, 0.15) is 5.82 Å². The van der Waals surface area contributed by atoms with Gasteiger partial charge >= 0.3 is 0 Å². The van der Waals surface area contributed by atoms with Gasteiger partial charge in [0.15, 0.2) is 0 Å². The van der Waals surface area contributed by atoms with E-state index in [0.717, 1.165) is 57.5 Å². The van der Waals surface area contributed by atoms with Gasteiger partial charge in [-0.15, -0.1) is 12.4 Å². The molecule has 1 aliphatic heterocycles. The standard InChI is InChI=1S/C20H24ClFN2O2S.ClH/c21-19-14-18(8-9-20(19)22)27(25,26)23-11-4-1-5-12-24-13-10-16-6-2-3-7-17(16)15-24;/h2-3,6-9,14,23H,1,4-5,10-13,15H2;1H. The fraction of sp³-hybridized carbons (Fsp3) is 0.400. The Morgan fingerprint density at radius 2 is 1.82 bits per heavy atom. The van der Waals surface area contributed by atoms with Crippen LogP contribution in [-0.2, 0) is 23.0 Å². The van der Waals surface area contributed by atoms with Crippen molar-refractivity contribution in [3.8, 4) is 0 Å². The number of fused-ring (bicyclic) bond motifs is 1. The lowest BCUT2D eigenvalue weighted by atomic mass is 10.00. The summed E-state index contributed by atoms with van der Waals surface area (Å²) in [7, 11) is -3.65. The molecule has 0 saturated heterocycles. The molecule has 0 amide bonds. The molecule has 2 aromatic carbocycles. The van der Waals surface area contributed by atoms with E-state index in [1.54, 1.807) is 0 Å². The SMILES string of the molecule is Cl.O=S(=O)(NCCCCCN1CCc2ccccc2C1)c1ccc(F)c(Cl)c1. The van der Waals surface area contributed by atoms with Gasteiger partial charge in [0.2, 0.25) is 10.0 Å². The first-order valence-electron chi connectivity index (χ1n) is 9.19. The maximum Gasteiger partial charge on any atom is 0.240 e. The second-order valence-corrected chi connectivity index (χ2v) is 9.00. The first-order chi connectivity index (χ1) is 13.0. The number of unbranched alkanes of at least 4 members (excludes halogenated alkanes) is 2. The summed E-state index contributed by atoms with van der Waals surface area (Å²) in [6.45, 7) is 3.46. The van der Waals surface area contributed by atoms with E-state index < -0.39 is 15.8 Å². The highest BCUT2D eigenvalue weighted by molar-refractivity contribution is 7.89. The van der Waals surface area contributed by atoms with Gasteiger partial charge in [-0.25, -0.2) is 17.5 Å². The zero-order chi connectivity index (χ0) is 19.3. The highest BCUT2D eigenvalue weighted by Gasteiger charge is 2.16. The number of hydrogen-bond donors (Lipinski definition) is 1. The van der Waals surface area contributed by atoms with Crippen LogP contribution in [0.4, 0.5) is 4.39 Å². The minimum absolute atomic E-state index is 0. The van der Waals surface area contributed by atoms with Gasteiger partial charge in [0, 0.05) is 19.6 Å². The van der Waals surface area contributed by atoms with Crippen molar-refractivity contribution < 1.29 is 12.8 Å². The van der Waals surface area contributed by atoms with Crippen LogP contribution in [0.25, 0.3) is 0 Å². The summed E-state index contributed by atoms with van der Waals surface area (Å²) < 4.78 is 40.1. The Labute approximate surface area is 177 Å². The van der Waals surface area contributed by atoms with E-state index in [4.69, 9.17) is 11.6 Å². The summed E-state index contributed by atoms with van der Waals surface area (Å²) in [5.74, 6) is -0.629. The molecule has 0 atom stereocenters. The number of benzene rings is 2. The topological polar surface area (TPSA) is 49.4 Å². The number of sulfonamides is 1. The minimum atomic E-state index is -3.65. The van der Waals surface area contributed by atoms with E-state index in [1.165, 1.54) is 17.2 Å². The second-order valence-electron chi connectivity index (χ2n) is 6.83. The number of nitrogens with one attached hydrogen (secondary N) is 1. The molecule has 8 heteroatoms. The highest BCUT2D eigenvalue weighted by atomic mass is 35.5. The van der Waals surface area contributed by atoms with Gasteiger partial charge in [0.25, 0.3) is 0 Å². The third kappa shape index (κ3) is 6.16. The van der Waals surface area contributed by atoms with E-state index in [0.29, 0.717) is 6.54 Å². The molecule has 0 aliphatic carbocycles. The van der Waals surface area contributed by atoms with Crippen molar-refractivity contribution >= 4 is 34.0 Å². The van der Waals surface area contributed by atoms with Gasteiger partial charge in [-0.3, -0.25) is 4.90 Å². The zero-order valence-corrected chi connectivity index (χ0v) is 17.9. The van der Waals surface area contributed by atoms with Crippen LogP contribution in [0.3, 0.4) is 0 Å². The first kappa shape index (κ1) is 23.1. The molecule has 4 nitrogen and oxygen atoms in total. The average Bonchev–Trinajstić information content (AvgIpc) is 2.66. The molecule has 0 unspecified atom stereocenters. The average molecular weight is 447 g/mol. The van der Waals surface area contributed by atoms with E-state index >= 15 is 0 Å². The Bertz CT molecular complexity index is 894. The van der Waals surface area contributed by atoms with Gasteiger partial charge in [0.05, 0.1) is 9.92 Å². The van der Waals surface area contributed by atoms with E-state index in [-0.39, 0.29) is 22.3 Å². The Hall–Kier alpha value is -1.18. The number of rotatable bonds is 8. The molecule has 0 fully saturated rings. The van der Waals surface area contributed by atoms with Crippen molar-refractivity contribution in [2.45, 2.75) is 37.1 Å². The van der Waals surface area contributed by atoms with Crippen molar-refractivity contribution in [1.82, 2.24) is 9.62 Å². The quantitative estimate of drug-likeness (QED) is 0.610. The Balaban J connectivity index is 0.00000280. The van der Waals surface area contributed by atoms with Gasteiger partial charge in [-0.05, 0) is 55.1 Å². The molecule has 0 saturated carbocycles. The van der Waals surface area contributed by atoms with Crippen LogP contribution in [0, 0.1) is 5.82 Å². The summed E-state index contributed by atoms with van der Waals surface area (Å²) in [5, 5.41) is -0.194. The maximum absolute atomic E-state index is 13.2. The maximum atomic E-state index is 13.2. The van der Waals surface area contributed by atoms with Crippen LogP contribution in [-0.4, -0.2) is 33.0 Å². The molecule has 0 spiro atoms. The summed E-state index contributed by atoms with van der Waals surface area (Å²) in [6, 6.07) is 12.0. The largest absolute Gasteiger partial charge is 0.299 e. The lowest BCUT2D eigenvalue weighted by Crippen LogP contribution is -2.31. The highest BCUT2D eigenvalue weighted by Crippen LogP contribution is 2.20. The summed E-state index contributed by atoms with van der Waals surface area (Å²) in [5.41, 5.74) is 2.86. The lowest BCUT2D eigenvalue weighted by Gasteiger charge is -2.28. The Morgan fingerprint density at radius 1 is 1.07 bits per heavy atom. The van der Waals surface area contributed by atoms with Crippen LogP contribution in [0.15, 0.2) is 47.4 Å². The predicted octanol–water partition coefficient (Wildman–Crippen LogP) is 4.41. The molecule has 0 radical (unpaired) electrons. The summed E-state index contributed by atoms with van der Waals surface area (Å²) in [4.78, 5) is 2.44. The normalized spacial score (nSPS) is 14.4. The van der Waals surface area contributed by atoms with Gasteiger partial charge < -0.3 is 0 Å². The number of hydrogen-bond acceptors (Lipinski definition) is 3. The molecule has 2 aromatic rings. The molecule has 28 heavy (non-hydrogen) atoms. The van der Waals surface area contributed by atoms with E-state index in [2.05, 4.69) is 33.9 Å². The monoisotopic (exact) mass is 446 g/mol. The van der Waals surface area contributed by atoms with Gasteiger partial charge in [-0.2, -0.15) is 0 Å². The molecule has 154 valence electrons.